The molecule has 2 atom stereocenters. The summed E-state index contributed by atoms with van der Waals surface area (Å²) in [7, 11) is -3.39. The third-order valence-corrected chi connectivity index (χ3v) is 6.05. The largest absolute Gasteiger partial charge is 0.393 e. The van der Waals surface area contributed by atoms with Gasteiger partial charge in [-0.05, 0) is 49.9 Å². The Kier molecular flexibility index (Phi) is 3.94. The highest BCUT2D eigenvalue weighted by atomic mass is 32.2. The van der Waals surface area contributed by atoms with E-state index in [0.29, 0.717) is 23.5 Å². The van der Waals surface area contributed by atoms with Crippen LogP contribution in [0.2, 0.25) is 0 Å². The highest BCUT2D eigenvalue weighted by Gasteiger charge is 2.40. The number of aliphatic hydroxyl groups excluding tert-OH is 1. The van der Waals surface area contributed by atoms with E-state index in [4.69, 9.17) is 0 Å². The number of nitrogens with zero attached hydrogens (tertiary/aromatic N) is 1. The maximum absolute atomic E-state index is 11.9. The van der Waals surface area contributed by atoms with Crippen LogP contribution in [0.1, 0.15) is 32.6 Å². The number of hydrogen-bond donors (Lipinski definition) is 2. The number of benzene rings is 1. The van der Waals surface area contributed by atoms with Crippen LogP contribution >= 0.6 is 0 Å². The Balaban J connectivity index is 1.82. The van der Waals surface area contributed by atoms with E-state index >= 15 is 0 Å². The Hall–Kier alpha value is -1.11. The summed E-state index contributed by atoms with van der Waals surface area (Å²) in [5.41, 5.74) is 1.06. The van der Waals surface area contributed by atoms with E-state index in [9.17, 15) is 13.5 Å². The third kappa shape index (κ3) is 2.80. The van der Waals surface area contributed by atoms with E-state index in [2.05, 4.69) is 9.62 Å². The number of nitrogens with one attached hydrogen (secondary N) is 1. The molecule has 21 heavy (non-hydrogen) atoms. The highest BCUT2D eigenvalue weighted by molar-refractivity contribution is 7.89. The monoisotopic (exact) mass is 310 g/mol. The minimum Gasteiger partial charge on any atom is -0.393 e. The Morgan fingerprint density at radius 1 is 1.19 bits per heavy atom. The van der Waals surface area contributed by atoms with Crippen molar-refractivity contribution in [2.45, 2.75) is 55.7 Å². The van der Waals surface area contributed by atoms with Crippen LogP contribution in [-0.4, -0.2) is 38.3 Å². The lowest BCUT2D eigenvalue weighted by molar-refractivity contribution is 0.126. The lowest BCUT2D eigenvalue weighted by Crippen LogP contribution is -2.44. The standard InChI is InChI=1S/C15H22N2O3S/c1-2-16-21(19,20)15-7-5-11(6-8-15)17-12-3-4-13(17)10-14(18)9-12/h5-8,12-14,16,18H,2-4,9-10H2,1H3. The number of anilines is 1. The van der Waals surface area contributed by atoms with Gasteiger partial charge in [0.25, 0.3) is 0 Å². The van der Waals surface area contributed by atoms with Crippen molar-refractivity contribution in [1.82, 2.24) is 4.72 Å². The number of rotatable bonds is 4. The van der Waals surface area contributed by atoms with Gasteiger partial charge in [-0.3, -0.25) is 0 Å². The van der Waals surface area contributed by atoms with E-state index in [1.54, 1.807) is 19.1 Å². The molecule has 1 aromatic carbocycles. The summed E-state index contributed by atoms with van der Waals surface area (Å²) in [6.45, 7) is 2.15. The summed E-state index contributed by atoms with van der Waals surface area (Å²) in [5, 5.41) is 9.85. The predicted molar refractivity (Wildman–Crippen MR) is 81.8 cm³/mol. The van der Waals surface area contributed by atoms with Crippen molar-refractivity contribution in [3.05, 3.63) is 24.3 Å². The first-order valence-electron chi connectivity index (χ1n) is 7.57. The Morgan fingerprint density at radius 3 is 2.29 bits per heavy atom. The molecule has 2 fully saturated rings. The molecule has 0 spiro atoms. The van der Waals surface area contributed by atoms with E-state index in [0.717, 1.165) is 31.4 Å². The molecule has 2 unspecified atom stereocenters. The van der Waals surface area contributed by atoms with Crippen LogP contribution in [0, 0.1) is 0 Å². The van der Waals surface area contributed by atoms with Crippen molar-refractivity contribution in [2.24, 2.45) is 0 Å². The summed E-state index contributed by atoms with van der Waals surface area (Å²) in [6, 6.07) is 7.86. The van der Waals surface area contributed by atoms with Crippen molar-refractivity contribution in [3.8, 4) is 0 Å². The molecule has 0 aliphatic carbocycles. The smallest absolute Gasteiger partial charge is 0.240 e. The van der Waals surface area contributed by atoms with Crippen molar-refractivity contribution in [2.75, 3.05) is 11.4 Å². The SMILES string of the molecule is CCNS(=O)(=O)c1ccc(N2C3CCC2CC(O)C3)cc1. The maximum Gasteiger partial charge on any atom is 0.240 e. The third-order valence-electron chi connectivity index (χ3n) is 4.49. The van der Waals surface area contributed by atoms with Crippen LogP contribution < -0.4 is 9.62 Å². The van der Waals surface area contributed by atoms with Gasteiger partial charge in [0.1, 0.15) is 0 Å². The lowest BCUT2D eigenvalue weighted by atomic mass is 9.99. The fourth-order valence-electron chi connectivity index (χ4n) is 3.64. The second-order valence-electron chi connectivity index (χ2n) is 5.91. The summed E-state index contributed by atoms with van der Waals surface area (Å²) < 4.78 is 26.4. The predicted octanol–water partition coefficient (Wildman–Crippen LogP) is 1.48. The molecule has 3 rings (SSSR count). The van der Waals surface area contributed by atoms with Crippen LogP contribution in [0.4, 0.5) is 5.69 Å². The van der Waals surface area contributed by atoms with Gasteiger partial charge in [0.2, 0.25) is 10.0 Å². The van der Waals surface area contributed by atoms with E-state index in [1.807, 2.05) is 12.1 Å². The molecule has 2 heterocycles. The van der Waals surface area contributed by atoms with Gasteiger partial charge in [-0.15, -0.1) is 0 Å². The Morgan fingerprint density at radius 2 is 1.76 bits per heavy atom. The van der Waals surface area contributed by atoms with Gasteiger partial charge in [-0.25, -0.2) is 13.1 Å². The molecule has 0 amide bonds. The van der Waals surface area contributed by atoms with Gasteiger partial charge in [-0.2, -0.15) is 0 Å². The van der Waals surface area contributed by atoms with E-state index < -0.39 is 10.0 Å². The van der Waals surface area contributed by atoms with Gasteiger partial charge in [0, 0.05) is 24.3 Å². The first-order chi connectivity index (χ1) is 10.0. The molecule has 1 aromatic rings. The quantitative estimate of drug-likeness (QED) is 0.884. The van der Waals surface area contributed by atoms with Gasteiger partial charge in [-0.1, -0.05) is 6.92 Å². The highest BCUT2D eigenvalue weighted by Crippen LogP contribution is 2.39. The zero-order valence-corrected chi connectivity index (χ0v) is 13.0. The van der Waals surface area contributed by atoms with Crippen LogP contribution in [0.25, 0.3) is 0 Å². The summed E-state index contributed by atoms with van der Waals surface area (Å²) in [6.07, 6.45) is 3.66. The van der Waals surface area contributed by atoms with E-state index in [1.165, 1.54) is 0 Å². The topological polar surface area (TPSA) is 69.6 Å². The Labute approximate surface area is 126 Å². The molecule has 2 saturated heterocycles. The van der Waals surface area contributed by atoms with Gasteiger partial charge >= 0.3 is 0 Å². The lowest BCUT2D eigenvalue weighted by Gasteiger charge is -2.39. The first-order valence-corrected chi connectivity index (χ1v) is 9.05. The summed E-state index contributed by atoms with van der Waals surface area (Å²) in [5.74, 6) is 0. The molecule has 6 heteroatoms. The molecule has 2 N–H and O–H groups in total. The van der Waals surface area contributed by atoms with Gasteiger partial charge in [0.15, 0.2) is 0 Å². The molecular formula is C15H22N2O3S. The zero-order valence-electron chi connectivity index (χ0n) is 12.2. The molecule has 2 bridgehead atoms. The maximum atomic E-state index is 11.9. The van der Waals surface area contributed by atoms with Gasteiger partial charge < -0.3 is 10.0 Å². The number of piperidine rings is 1. The minimum atomic E-state index is -3.39. The van der Waals surface area contributed by atoms with Crippen molar-refractivity contribution in [1.29, 1.82) is 0 Å². The van der Waals surface area contributed by atoms with Crippen LogP contribution in [0.5, 0.6) is 0 Å². The number of aliphatic hydroxyl groups is 1. The molecule has 116 valence electrons. The van der Waals surface area contributed by atoms with Gasteiger partial charge in [0.05, 0.1) is 11.0 Å². The Bertz CT molecular complexity index is 586. The van der Waals surface area contributed by atoms with Crippen LogP contribution in [0.15, 0.2) is 29.2 Å². The molecule has 5 nitrogen and oxygen atoms in total. The second-order valence-corrected chi connectivity index (χ2v) is 7.68. The fourth-order valence-corrected chi connectivity index (χ4v) is 4.68. The van der Waals surface area contributed by atoms with E-state index in [-0.39, 0.29) is 6.10 Å². The van der Waals surface area contributed by atoms with Crippen LogP contribution in [0.3, 0.4) is 0 Å². The van der Waals surface area contributed by atoms with Crippen molar-refractivity contribution >= 4 is 15.7 Å². The first kappa shape index (κ1) is 14.8. The average molecular weight is 310 g/mol. The fraction of sp³-hybridized carbons (Fsp3) is 0.600. The van der Waals surface area contributed by atoms with Crippen molar-refractivity contribution in [3.63, 3.8) is 0 Å². The average Bonchev–Trinajstić information content (AvgIpc) is 2.71. The van der Waals surface area contributed by atoms with Crippen LogP contribution in [-0.2, 0) is 10.0 Å². The number of sulfonamides is 1. The number of hydrogen-bond acceptors (Lipinski definition) is 4. The molecule has 0 aromatic heterocycles. The molecule has 0 saturated carbocycles. The summed E-state index contributed by atoms with van der Waals surface area (Å²) >= 11 is 0. The summed E-state index contributed by atoms with van der Waals surface area (Å²) in [4.78, 5) is 2.66. The normalized spacial score (nSPS) is 28.9. The van der Waals surface area contributed by atoms with Crippen molar-refractivity contribution < 1.29 is 13.5 Å². The molecule has 2 aliphatic rings. The molecule has 0 radical (unpaired) electrons. The number of fused-ring (bicyclic) bond motifs is 2. The zero-order chi connectivity index (χ0) is 15.0. The molecule has 2 aliphatic heterocycles. The molecular weight excluding hydrogens is 288 g/mol. The second kappa shape index (κ2) is 5.59. The minimum absolute atomic E-state index is 0.188.